The first-order chi connectivity index (χ1) is 19.6. The summed E-state index contributed by atoms with van der Waals surface area (Å²) in [6, 6.07) is 12.0. The predicted octanol–water partition coefficient (Wildman–Crippen LogP) is 5.65. The molecule has 2 N–H and O–H groups in total. The molecule has 0 spiro atoms. The van der Waals surface area contributed by atoms with E-state index in [4.69, 9.17) is 4.99 Å². The minimum Gasteiger partial charge on any atom is -0.340 e. The smallest absolute Gasteiger partial charge is 0.258 e. The van der Waals surface area contributed by atoms with E-state index in [-0.39, 0.29) is 5.56 Å². The summed E-state index contributed by atoms with van der Waals surface area (Å²) in [6.45, 7) is 12.4. The second-order valence-corrected chi connectivity index (χ2v) is 13.0. The van der Waals surface area contributed by atoms with Gasteiger partial charge in [-0.25, -0.2) is 13.8 Å². The van der Waals surface area contributed by atoms with E-state index in [1.807, 2.05) is 24.3 Å². The molecule has 218 valence electrons. The quantitative estimate of drug-likeness (QED) is 0.312. The fourth-order valence-corrected chi connectivity index (χ4v) is 7.40. The van der Waals surface area contributed by atoms with Gasteiger partial charge in [0.2, 0.25) is 0 Å². The zero-order valence-electron chi connectivity index (χ0n) is 24.5. The van der Waals surface area contributed by atoms with Gasteiger partial charge in [0.15, 0.2) is 5.96 Å². The Labute approximate surface area is 240 Å². The number of nitrogens with one attached hydrogen (secondary N) is 2. The molecule has 3 aliphatic carbocycles. The second-order valence-electron chi connectivity index (χ2n) is 13.0. The highest BCUT2D eigenvalue weighted by Gasteiger charge is 2.56. The van der Waals surface area contributed by atoms with Crippen LogP contribution >= 0.6 is 0 Å². The summed E-state index contributed by atoms with van der Waals surface area (Å²) in [6.07, 6.45) is 4.52. The number of aliphatic imine (C=N–C) groups is 1. The molecule has 6 nitrogen and oxygen atoms in total. The number of pyridine rings is 1. The first-order valence-electron chi connectivity index (χ1n) is 15.0. The Morgan fingerprint density at radius 2 is 1.95 bits per heavy atom. The molecule has 41 heavy (non-hydrogen) atoms. The number of aromatic nitrogens is 1. The van der Waals surface area contributed by atoms with Crippen LogP contribution in [0.1, 0.15) is 46.1 Å². The standard InChI is InChI=1S/C33H41F2N5O/c1-20-19-40(14-11-36-20)32(38-30-17-24-16-28(21(30)2)33(24,3)4)37-26-7-8-27-23(15-26)10-13-39(31(27)41)12-9-22-5-6-25(34)18-29(22)35/h5-8,10,13,15,18,20-21,24,28,30,36H,9,11-12,14,16-17,19H2,1-4H3,(H,37,38)/t20-,21-,24+,28-,30?/m0/s1. The number of piperazine rings is 1. The molecule has 2 bridgehead atoms. The third kappa shape index (κ3) is 5.39. The molecule has 2 aromatic carbocycles. The largest absolute Gasteiger partial charge is 0.340 e. The van der Waals surface area contributed by atoms with Crippen LogP contribution in [0, 0.1) is 34.8 Å². The molecule has 2 heterocycles. The molecular weight excluding hydrogens is 520 g/mol. The van der Waals surface area contributed by atoms with E-state index < -0.39 is 11.6 Å². The number of aryl methyl sites for hydroxylation is 2. The molecule has 1 aromatic heterocycles. The molecule has 1 unspecified atom stereocenters. The van der Waals surface area contributed by atoms with Crippen LogP contribution in [0.15, 0.2) is 58.4 Å². The second kappa shape index (κ2) is 10.9. The van der Waals surface area contributed by atoms with Gasteiger partial charge in [0, 0.05) is 55.6 Å². The Kier molecular flexibility index (Phi) is 7.39. The Balaban J connectivity index is 1.23. The Morgan fingerprint density at radius 3 is 2.68 bits per heavy atom. The highest BCUT2D eigenvalue weighted by atomic mass is 19.1. The van der Waals surface area contributed by atoms with Gasteiger partial charge in [0.1, 0.15) is 11.6 Å². The summed E-state index contributed by atoms with van der Waals surface area (Å²) in [5, 5.41) is 8.61. The molecule has 0 radical (unpaired) electrons. The van der Waals surface area contributed by atoms with Crippen LogP contribution in [0.3, 0.4) is 0 Å². The maximum absolute atomic E-state index is 14.1. The fraction of sp³-hybridized carbons (Fsp3) is 0.515. The molecule has 3 aromatic rings. The van der Waals surface area contributed by atoms with Gasteiger partial charge in [-0.3, -0.25) is 4.79 Å². The fourth-order valence-electron chi connectivity index (χ4n) is 7.40. The number of nitrogens with zero attached hydrogens (tertiary/aromatic N) is 3. The molecule has 1 aliphatic heterocycles. The molecule has 4 aliphatic rings. The van der Waals surface area contributed by atoms with Crippen LogP contribution in [0.2, 0.25) is 0 Å². The van der Waals surface area contributed by atoms with Gasteiger partial charge in [0.25, 0.3) is 5.56 Å². The van der Waals surface area contributed by atoms with Crippen molar-refractivity contribution in [1.82, 2.24) is 14.8 Å². The number of halogens is 2. The van der Waals surface area contributed by atoms with Crippen molar-refractivity contribution in [2.24, 2.45) is 28.2 Å². The number of hydrogen-bond donors (Lipinski definition) is 2. The van der Waals surface area contributed by atoms with Crippen LogP contribution < -0.4 is 16.2 Å². The highest BCUT2D eigenvalue weighted by molar-refractivity contribution is 5.96. The number of hydrogen-bond acceptors (Lipinski definition) is 3. The number of anilines is 1. The van der Waals surface area contributed by atoms with E-state index in [9.17, 15) is 13.6 Å². The lowest BCUT2D eigenvalue weighted by atomic mass is 9.45. The summed E-state index contributed by atoms with van der Waals surface area (Å²) in [7, 11) is 0. The van der Waals surface area contributed by atoms with Crippen molar-refractivity contribution in [2.45, 2.75) is 65.6 Å². The van der Waals surface area contributed by atoms with E-state index in [1.165, 1.54) is 18.6 Å². The lowest BCUT2D eigenvalue weighted by Gasteiger charge is -2.61. The maximum Gasteiger partial charge on any atom is 0.258 e. The number of guanidine groups is 1. The number of fused-ring (bicyclic) bond motifs is 3. The summed E-state index contributed by atoms with van der Waals surface area (Å²) in [5.74, 6) is 1.74. The van der Waals surface area contributed by atoms with Crippen molar-refractivity contribution < 1.29 is 8.78 Å². The van der Waals surface area contributed by atoms with Gasteiger partial charge in [-0.15, -0.1) is 0 Å². The summed E-state index contributed by atoms with van der Waals surface area (Å²) in [4.78, 5) is 21.0. The molecule has 1 saturated heterocycles. The van der Waals surface area contributed by atoms with Crippen molar-refractivity contribution >= 4 is 22.4 Å². The zero-order valence-corrected chi connectivity index (χ0v) is 24.5. The van der Waals surface area contributed by atoms with Crippen LogP contribution in [-0.2, 0) is 13.0 Å². The lowest BCUT2D eigenvalue weighted by molar-refractivity contribution is -0.108. The van der Waals surface area contributed by atoms with Gasteiger partial charge in [-0.1, -0.05) is 26.8 Å². The van der Waals surface area contributed by atoms with Crippen LogP contribution in [-0.4, -0.2) is 47.1 Å². The summed E-state index contributed by atoms with van der Waals surface area (Å²) in [5.41, 5.74) is 1.59. The Bertz CT molecular complexity index is 1530. The maximum atomic E-state index is 14.1. The molecular formula is C33H41F2N5O. The van der Waals surface area contributed by atoms with Crippen molar-refractivity contribution in [3.05, 3.63) is 76.2 Å². The topological polar surface area (TPSA) is 61.7 Å². The van der Waals surface area contributed by atoms with E-state index in [1.54, 1.807) is 10.8 Å². The average molecular weight is 562 g/mol. The van der Waals surface area contributed by atoms with Crippen LogP contribution in [0.25, 0.3) is 10.8 Å². The Morgan fingerprint density at radius 1 is 1.12 bits per heavy atom. The minimum absolute atomic E-state index is 0.126. The lowest BCUT2D eigenvalue weighted by Crippen LogP contribution is -2.57. The van der Waals surface area contributed by atoms with E-state index in [0.717, 1.165) is 61.0 Å². The molecule has 8 heteroatoms. The normalized spacial score (nSPS) is 27.5. The third-order valence-corrected chi connectivity index (χ3v) is 10.1. The molecule has 0 amide bonds. The van der Waals surface area contributed by atoms with Gasteiger partial charge >= 0.3 is 0 Å². The van der Waals surface area contributed by atoms with Crippen molar-refractivity contribution in [1.29, 1.82) is 0 Å². The number of benzene rings is 2. The highest BCUT2D eigenvalue weighted by Crippen LogP contribution is 2.61. The minimum atomic E-state index is -0.605. The van der Waals surface area contributed by atoms with Gasteiger partial charge in [-0.05, 0) is 90.6 Å². The molecule has 3 saturated carbocycles. The van der Waals surface area contributed by atoms with E-state index in [0.29, 0.717) is 47.3 Å². The van der Waals surface area contributed by atoms with E-state index >= 15 is 0 Å². The summed E-state index contributed by atoms with van der Waals surface area (Å²) >= 11 is 0. The SMILES string of the molecule is C[C@@H]1C(/N=C(/Nc2ccc3c(=O)n(CCc4ccc(F)cc4F)ccc3c2)N2CCN[C@@H](C)C2)C[C@H]2C[C@@H]1C2(C)C. The van der Waals surface area contributed by atoms with Gasteiger partial charge < -0.3 is 20.1 Å². The van der Waals surface area contributed by atoms with E-state index in [2.05, 4.69) is 43.2 Å². The van der Waals surface area contributed by atoms with Crippen molar-refractivity contribution in [3.63, 3.8) is 0 Å². The first kappa shape index (κ1) is 27.9. The molecule has 5 atom stereocenters. The van der Waals surface area contributed by atoms with Crippen molar-refractivity contribution in [3.8, 4) is 0 Å². The zero-order chi connectivity index (χ0) is 28.9. The third-order valence-electron chi connectivity index (χ3n) is 10.1. The van der Waals surface area contributed by atoms with Gasteiger partial charge in [-0.2, -0.15) is 0 Å². The predicted molar refractivity (Wildman–Crippen MR) is 161 cm³/mol. The van der Waals surface area contributed by atoms with Crippen LogP contribution in [0.4, 0.5) is 14.5 Å². The Hall–Kier alpha value is -3.26. The monoisotopic (exact) mass is 561 g/mol. The van der Waals surface area contributed by atoms with Crippen molar-refractivity contribution in [2.75, 3.05) is 25.0 Å². The van der Waals surface area contributed by atoms with Gasteiger partial charge in [0.05, 0.1) is 6.04 Å². The first-order valence-corrected chi connectivity index (χ1v) is 15.0. The van der Waals surface area contributed by atoms with Crippen LogP contribution in [0.5, 0.6) is 0 Å². The summed E-state index contributed by atoms with van der Waals surface area (Å²) < 4.78 is 28.9. The average Bonchev–Trinajstić information content (AvgIpc) is 2.94. The molecule has 4 fully saturated rings. The molecule has 7 rings (SSSR count). The number of rotatable bonds is 5.